The molecule has 0 spiro atoms. The van der Waals surface area contributed by atoms with Crippen molar-refractivity contribution in [2.45, 2.75) is 44.8 Å². The molecule has 1 aromatic rings. The molecule has 114 valence electrons. The predicted molar refractivity (Wildman–Crippen MR) is 77.8 cm³/mol. The van der Waals surface area contributed by atoms with Crippen LogP contribution in [0.3, 0.4) is 0 Å². The van der Waals surface area contributed by atoms with Crippen LogP contribution in [0, 0.1) is 11.8 Å². The number of hydrogen-bond acceptors (Lipinski definition) is 4. The molecule has 0 bridgehead atoms. The van der Waals surface area contributed by atoms with E-state index in [0.29, 0.717) is 18.4 Å². The van der Waals surface area contributed by atoms with E-state index in [0.717, 1.165) is 19.5 Å². The van der Waals surface area contributed by atoms with E-state index in [1.54, 1.807) is 12.5 Å². The van der Waals surface area contributed by atoms with E-state index in [1.165, 1.54) is 0 Å². The fourth-order valence-corrected chi connectivity index (χ4v) is 3.70. The summed E-state index contributed by atoms with van der Waals surface area (Å²) in [6.07, 6.45) is 4.16. The molecule has 6 nitrogen and oxygen atoms in total. The molecule has 2 unspecified atom stereocenters. The molecule has 0 amide bonds. The summed E-state index contributed by atoms with van der Waals surface area (Å²) in [4.78, 5) is 4.02. The van der Waals surface area contributed by atoms with Crippen LogP contribution in [0.2, 0.25) is 0 Å². The third-order valence-corrected chi connectivity index (χ3v) is 4.97. The lowest BCUT2D eigenvalue weighted by molar-refractivity contribution is 0.327. The number of sulfonamides is 1. The summed E-state index contributed by atoms with van der Waals surface area (Å²) >= 11 is 0. The number of hydrogen-bond donors (Lipinski definition) is 2. The fraction of sp³-hybridized carbons (Fsp3) is 0.769. The Morgan fingerprint density at radius 1 is 1.55 bits per heavy atom. The molecule has 2 N–H and O–H groups in total. The third kappa shape index (κ3) is 3.80. The largest absolute Gasteiger partial charge is 0.336 e. The van der Waals surface area contributed by atoms with Crippen molar-refractivity contribution in [3.8, 4) is 0 Å². The summed E-state index contributed by atoms with van der Waals surface area (Å²) in [6.45, 7) is 8.63. The highest BCUT2D eigenvalue weighted by molar-refractivity contribution is 7.89. The van der Waals surface area contributed by atoms with Crippen LogP contribution in [0.5, 0.6) is 0 Å². The molecular weight excluding hydrogens is 276 g/mol. The highest BCUT2D eigenvalue weighted by Gasteiger charge is 2.27. The van der Waals surface area contributed by atoms with Gasteiger partial charge in [-0.3, -0.25) is 0 Å². The summed E-state index contributed by atoms with van der Waals surface area (Å²) in [5.41, 5.74) is 0. The van der Waals surface area contributed by atoms with Gasteiger partial charge in [0.1, 0.15) is 0 Å². The van der Waals surface area contributed by atoms with Gasteiger partial charge in [-0.15, -0.1) is 0 Å². The summed E-state index contributed by atoms with van der Waals surface area (Å²) in [5, 5.41) is 3.33. The van der Waals surface area contributed by atoms with Crippen LogP contribution in [0.25, 0.3) is 0 Å². The van der Waals surface area contributed by atoms with Crippen molar-refractivity contribution in [1.82, 2.24) is 19.6 Å². The zero-order valence-electron chi connectivity index (χ0n) is 12.3. The summed E-state index contributed by atoms with van der Waals surface area (Å²) < 4.78 is 29.2. The molecule has 2 heterocycles. The topological polar surface area (TPSA) is 76.0 Å². The Balaban J connectivity index is 2.07. The number of aromatic nitrogens is 2. The molecule has 1 aliphatic heterocycles. The molecule has 0 saturated carbocycles. The maximum absolute atomic E-state index is 12.3. The first-order chi connectivity index (χ1) is 9.38. The minimum absolute atomic E-state index is 0.0657. The highest BCUT2D eigenvalue weighted by atomic mass is 32.2. The van der Waals surface area contributed by atoms with E-state index in [2.05, 4.69) is 35.8 Å². The first-order valence-electron chi connectivity index (χ1n) is 7.13. The Hall–Kier alpha value is -0.920. The highest BCUT2D eigenvalue weighted by Crippen LogP contribution is 2.15. The quantitative estimate of drug-likeness (QED) is 0.844. The second kappa shape index (κ2) is 6.24. The number of imidazole rings is 1. The van der Waals surface area contributed by atoms with E-state index in [1.807, 2.05) is 4.57 Å². The standard InChI is InChI=1S/C13H24N4O2S/c1-10(2)7-17-8-13(15-9-17)20(18,19)16-12-6-14-5-4-11(12)3/h8-12,14,16H,4-7H2,1-3H3. The molecule has 2 rings (SSSR count). The first kappa shape index (κ1) is 15.5. The number of piperidine rings is 1. The first-order valence-corrected chi connectivity index (χ1v) is 8.61. The van der Waals surface area contributed by atoms with Crippen molar-refractivity contribution in [3.63, 3.8) is 0 Å². The lowest BCUT2D eigenvalue weighted by atomic mass is 9.96. The second-order valence-corrected chi connectivity index (χ2v) is 7.66. The lowest BCUT2D eigenvalue weighted by Crippen LogP contribution is -2.50. The smallest absolute Gasteiger partial charge is 0.259 e. The summed E-state index contributed by atoms with van der Waals surface area (Å²) in [7, 11) is -3.53. The van der Waals surface area contributed by atoms with E-state index in [9.17, 15) is 8.42 Å². The minimum atomic E-state index is -3.53. The van der Waals surface area contributed by atoms with E-state index in [4.69, 9.17) is 0 Å². The van der Waals surface area contributed by atoms with Crippen LogP contribution in [0.15, 0.2) is 17.6 Å². The van der Waals surface area contributed by atoms with Gasteiger partial charge in [0.15, 0.2) is 5.03 Å². The average molecular weight is 300 g/mol. The van der Waals surface area contributed by atoms with Crippen LogP contribution in [-0.4, -0.2) is 37.1 Å². The molecule has 1 fully saturated rings. The van der Waals surface area contributed by atoms with Gasteiger partial charge in [-0.1, -0.05) is 20.8 Å². The summed E-state index contributed by atoms with van der Waals surface area (Å²) in [5.74, 6) is 0.791. The molecule has 1 saturated heterocycles. The number of nitrogens with zero attached hydrogens (tertiary/aromatic N) is 2. The fourth-order valence-electron chi connectivity index (χ4n) is 2.41. The van der Waals surface area contributed by atoms with Gasteiger partial charge in [-0.25, -0.2) is 18.1 Å². The molecule has 0 aromatic carbocycles. The van der Waals surface area contributed by atoms with Crippen molar-refractivity contribution >= 4 is 10.0 Å². The van der Waals surface area contributed by atoms with Crippen LogP contribution in [0.1, 0.15) is 27.2 Å². The molecule has 1 aliphatic rings. The number of rotatable bonds is 5. The Bertz CT molecular complexity index is 538. The van der Waals surface area contributed by atoms with E-state index < -0.39 is 10.0 Å². The van der Waals surface area contributed by atoms with Gasteiger partial charge in [-0.05, 0) is 24.8 Å². The van der Waals surface area contributed by atoms with Gasteiger partial charge in [-0.2, -0.15) is 0 Å². The summed E-state index contributed by atoms with van der Waals surface area (Å²) in [6, 6.07) is -0.0657. The Morgan fingerprint density at radius 2 is 2.30 bits per heavy atom. The predicted octanol–water partition coefficient (Wildman–Crippen LogP) is 0.815. The zero-order chi connectivity index (χ0) is 14.8. The molecule has 7 heteroatoms. The SMILES string of the molecule is CC(C)Cn1cnc(S(=O)(=O)NC2CNCCC2C)c1. The number of nitrogens with one attached hydrogen (secondary N) is 2. The van der Waals surface area contributed by atoms with Crippen molar-refractivity contribution in [1.29, 1.82) is 0 Å². The Morgan fingerprint density at radius 3 is 2.95 bits per heavy atom. The molecular formula is C13H24N4O2S. The van der Waals surface area contributed by atoms with Gasteiger partial charge >= 0.3 is 0 Å². The van der Waals surface area contributed by atoms with E-state index >= 15 is 0 Å². The Kier molecular flexibility index (Phi) is 4.82. The molecule has 0 radical (unpaired) electrons. The van der Waals surface area contributed by atoms with Gasteiger partial charge < -0.3 is 9.88 Å². The Labute approximate surface area is 121 Å². The van der Waals surface area contributed by atoms with Crippen LogP contribution >= 0.6 is 0 Å². The molecule has 20 heavy (non-hydrogen) atoms. The molecule has 2 atom stereocenters. The monoisotopic (exact) mass is 300 g/mol. The van der Waals surface area contributed by atoms with Crippen molar-refractivity contribution < 1.29 is 8.42 Å². The average Bonchev–Trinajstić information content (AvgIpc) is 2.80. The lowest BCUT2D eigenvalue weighted by Gasteiger charge is -2.29. The maximum atomic E-state index is 12.3. The van der Waals surface area contributed by atoms with Crippen molar-refractivity contribution in [2.75, 3.05) is 13.1 Å². The van der Waals surface area contributed by atoms with Gasteiger partial charge in [0.05, 0.1) is 6.33 Å². The zero-order valence-corrected chi connectivity index (χ0v) is 13.2. The normalized spacial score (nSPS) is 24.2. The maximum Gasteiger partial charge on any atom is 0.259 e. The third-order valence-electron chi connectivity index (χ3n) is 3.59. The van der Waals surface area contributed by atoms with Gasteiger partial charge in [0.2, 0.25) is 0 Å². The van der Waals surface area contributed by atoms with Gasteiger partial charge in [0.25, 0.3) is 10.0 Å². The van der Waals surface area contributed by atoms with Crippen LogP contribution in [0.4, 0.5) is 0 Å². The van der Waals surface area contributed by atoms with Crippen LogP contribution < -0.4 is 10.0 Å². The van der Waals surface area contributed by atoms with Gasteiger partial charge in [0, 0.05) is 25.3 Å². The van der Waals surface area contributed by atoms with Crippen molar-refractivity contribution in [2.24, 2.45) is 11.8 Å². The molecule has 0 aliphatic carbocycles. The van der Waals surface area contributed by atoms with Crippen LogP contribution in [-0.2, 0) is 16.6 Å². The molecule has 1 aromatic heterocycles. The second-order valence-electron chi connectivity index (χ2n) is 6.00. The minimum Gasteiger partial charge on any atom is -0.336 e. The van der Waals surface area contributed by atoms with E-state index in [-0.39, 0.29) is 11.1 Å². The van der Waals surface area contributed by atoms with Crippen molar-refractivity contribution in [3.05, 3.63) is 12.5 Å².